The summed E-state index contributed by atoms with van der Waals surface area (Å²) in [5.41, 5.74) is 0.688. The molecule has 154 valence electrons. The molecule has 0 radical (unpaired) electrons. The first kappa shape index (κ1) is 22.7. The smallest absolute Gasteiger partial charge is 0.252 e. The fourth-order valence-electron chi connectivity index (χ4n) is 3.35. The fraction of sp³-hybridized carbons (Fsp3) is 0.550. The predicted octanol–water partition coefficient (Wildman–Crippen LogP) is 4.13. The monoisotopic (exact) mass is 424 g/mol. The topological polar surface area (TPSA) is 80.0 Å². The number of carbonyl (C=O) groups is 1. The highest BCUT2D eigenvalue weighted by Gasteiger charge is 2.14. The average molecular weight is 425 g/mol. The number of halogens is 1. The van der Waals surface area contributed by atoms with Gasteiger partial charge in [-0.15, -0.1) is 24.2 Å². The zero-order valence-electron chi connectivity index (χ0n) is 16.3. The van der Waals surface area contributed by atoms with Crippen LogP contribution in [0.2, 0.25) is 0 Å². The van der Waals surface area contributed by atoms with Crippen LogP contribution >= 0.6 is 24.2 Å². The van der Waals surface area contributed by atoms with E-state index in [1.54, 1.807) is 6.92 Å². The number of thioether (sulfide) groups is 1. The van der Waals surface area contributed by atoms with Gasteiger partial charge < -0.3 is 15.2 Å². The van der Waals surface area contributed by atoms with Crippen molar-refractivity contribution < 1.29 is 9.32 Å². The van der Waals surface area contributed by atoms with Crippen LogP contribution in [0.15, 0.2) is 33.7 Å². The molecule has 1 aromatic heterocycles. The van der Waals surface area contributed by atoms with Crippen molar-refractivity contribution in [1.82, 2.24) is 20.8 Å². The highest BCUT2D eigenvalue weighted by Crippen LogP contribution is 2.25. The van der Waals surface area contributed by atoms with Crippen LogP contribution in [0, 0.1) is 6.92 Å². The molecule has 8 heteroatoms. The predicted molar refractivity (Wildman–Crippen MR) is 114 cm³/mol. The molecule has 1 amide bonds. The molecule has 6 nitrogen and oxygen atoms in total. The lowest BCUT2D eigenvalue weighted by Gasteiger charge is -2.16. The van der Waals surface area contributed by atoms with Gasteiger partial charge in [0.15, 0.2) is 5.82 Å². The van der Waals surface area contributed by atoms with Crippen LogP contribution in [0.4, 0.5) is 0 Å². The van der Waals surface area contributed by atoms with Gasteiger partial charge in [-0.2, -0.15) is 4.98 Å². The molecule has 1 aliphatic carbocycles. The highest BCUT2D eigenvalue weighted by molar-refractivity contribution is 7.98. The number of carbonyl (C=O) groups excluding carboxylic acids is 1. The van der Waals surface area contributed by atoms with Crippen LogP contribution in [0.1, 0.15) is 60.6 Å². The molecule has 0 bridgehead atoms. The third kappa shape index (κ3) is 7.11. The van der Waals surface area contributed by atoms with E-state index in [0.29, 0.717) is 35.6 Å². The van der Waals surface area contributed by atoms with Gasteiger partial charge in [0.25, 0.3) is 5.91 Å². The maximum atomic E-state index is 12.6. The zero-order chi connectivity index (χ0) is 18.9. The lowest BCUT2D eigenvalue weighted by atomic mass is 10.1. The van der Waals surface area contributed by atoms with Crippen LogP contribution in [-0.2, 0) is 5.75 Å². The van der Waals surface area contributed by atoms with Crippen LogP contribution in [0.3, 0.4) is 0 Å². The molecule has 0 saturated heterocycles. The van der Waals surface area contributed by atoms with Crippen LogP contribution < -0.4 is 10.6 Å². The molecule has 28 heavy (non-hydrogen) atoms. The van der Waals surface area contributed by atoms with Crippen molar-refractivity contribution >= 4 is 30.1 Å². The third-order valence-electron chi connectivity index (χ3n) is 4.75. The van der Waals surface area contributed by atoms with E-state index in [9.17, 15) is 4.79 Å². The largest absolute Gasteiger partial charge is 0.351 e. The number of amides is 1. The van der Waals surface area contributed by atoms with E-state index >= 15 is 0 Å². The van der Waals surface area contributed by atoms with E-state index < -0.39 is 0 Å². The molecule has 1 aromatic carbocycles. The Morgan fingerprint density at radius 1 is 1.18 bits per heavy atom. The molecule has 0 aliphatic heterocycles. The molecule has 2 aromatic rings. The molecule has 1 fully saturated rings. The van der Waals surface area contributed by atoms with Crippen molar-refractivity contribution in [1.29, 1.82) is 0 Å². The molecule has 1 saturated carbocycles. The third-order valence-corrected chi connectivity index (χ3v) is 5.81. The van der Waals surface area contributed by atoms with Gasteiger partial charge in [0.1, 0.15) is 0 Å². The number of nitrogens with one attached hydrogen (secondary N) is 2. The van der Waals surface area contributed by atoms with Crippen LogP contribution in [0.25, 0.3) is 0 Å². The quantitative estimate of drug-likeness (QED) is 0.376. The Hall–Kier alpha value is -1.57. The molecule has 0 unspecified atom stereocenters. The number of aromatic nitrogens is 2. The minimum atomic E-state index is -0.0394. The molecule has 3 rings (SSSR count). The zero-order valence-corrected chi connectivity index (χ0v) is 17.9. The summed E-state index contributed by atoms with van der Waals surface area (Å²) in [6, 6.07) is 8.23. The van der Waals surface area contributed by atoms with Gasteiger partial charge in [0, 0.05) is 24.0 Å². The van der Waals surface area contributed by atoms with Crippen molar-refractivity contribution in [2.24, 2.45) is 0 Å². The first-order valence-electron chi connectivity index (χ1n) is 9.75. The summed E-state index contributed by atoms with van der Waals surface area (Å²) in [6.45, 7) is 3.24. The first-order valence-corrected chi connectivity index (χ1v) is 10.7. The Morgan fingerprint density at radius 3 is 2.64 bits per heavy atom. The number of benzene rings is 1. The summed E-state index contributed by atoms with van der Waals surface area (Å²) in [6.07, 6.45) is 7.84. The van der Waals surface area contributed by atoms with Gasteiger partial charge in [-0.05, 0) is 31.9 Å². The van der Waals surface area contributed by atoms with Crippen molar-refractivity contribution in [3.63, 3.8) is 0 Å². The molecule has 0 spiro atoms. The molecular formula is C20H29ClN4O2S. The number of rotatable bonds is 8. The van der Waals surface area contributed by atoms with Crippen LogP contribution in [-0.4, -0.2) is 35.2 Å². The van der Waals surface area contributed by atoms with E-state index in [1.165, 1.54) is 50.3 Å². The summed E-state index contributed by atoms with van der Waals surface area (Å²) in [5, 5.41) is 10.4. The number of hydrogen-bond donors (Lipinski definition) is 2. The van der Waals surface area contributed by atoms with Crippen molar-refractivity contribution in [3.05, 3.63) is 41.5 Å². The van der Waals surface area contributed by atoms with E-state index in [0.717, 1.165) is 11.4 Å². The number of nitrogens with zero attached hydrogens (tertiary/aromatic N) is 2. The normalized spacial score (nSPS) is 14.9. The average Bonchev–Trinajstić information content (AvgIpc) is 2.93. The molecular weight excluding hydrogens is 396 g/mol. The molecule has 0 atom stereocenters. The van der Waals surface area contributed by atoms with Gasteiger partial charge in [0.05, 0.1) is 11.3 Å². The Labute approximate surface area is 177 Å². The van der Waals surface area contributed by atoms with Crippen molar-refractivity contribution in [3.8, 4) is 0 Å². The number of aryl methyl sites for hydroxylation is 1. The summed E-state index contributed by atoms with van der Waals surface area (Å²) >= 11 is 1.53. The standard InChI is InChI=1S/C20H28N4O2S.ClH/c1-15-23-19(26-24-15)14-27-18-11-7-6-10-17(18)20(25)22-13-12-21-16-8-4-2-3-5-9-16;/h6-7,10-11,16,21H,2-5,8-9,12-14H2,1H3,(H,22,25);1H. The van der Waals surface area contributed by atoms with E-state index in [4.69, 9.17) is 4.52 Å². The lowest BCUT2D eigenvalue weighted by molar-refractivity contribution is 0.0950. The Balaban J connectivity index is 0.00000280. The second-order valence-corrected chi connectivity index (χ2v) is 7.94. The van der Waals surface area contributed by atoms with Gasteiger partial charge >= 0.3 is 0 Å². The summed E-state index contributed by atoms with van der Waals surface area (Å²) < 4.78 is 5.14. The van der Waals surface area contributed by atoms with Gasteiger partial charge in [-0.3, -0.25) is 4.79 Å². The Kier molecular flexibility index (Phi) is 9.81. The van der Waals surface area contributed by atoms with Crippen LogP contribution in [0.5, 0.6) is 0 Å². The second-order valence-electron chi connectivity index (χ2n) is 6.92. The van der Waals surface area contributed by atoms with E-state index in [-0.39, 0.29) is 18.3 Å². The van der Waals surface area contributed by atoms with Gasteiger partial charge in [-0.1, -0.05) is 43.0 Å². The minimum absolute atomic E-state index is 0. The summed E-state index contributed by atoms with van der Waals surface area (Å²) in [5.74, 6) is 1.70. The van der Waals surface area contributed by atoms with Gasteiger partial charge in [-0.25, -0.2) is 0 Å². The minimum Gasteiger partial charge on any atom is -0.351 e. The maximum absolute atomic E-state index is 12.6. The van der Waals surface area contributed by atoms with E-state index in [1.807, 2.05) is 24.3 Å². The maximum Gasteiger partial charge on any atom is 0.252 e. The summed E-state index contributed by atoms with van der Waals surface area (Å²) in [4.78, 5) is 17.7. The Morgan fingerprint density at radius 2 is 1.93 bits per heavy atom. The highest BCUT2D eigenvalue weighted by atomic mass is 35.5. The van der Waals surface area contributed by atoms with E-state index in [2.05, 4.69) is 20.8 Å². The molecule has 1 heterocycles. The fourth-order valence-corrected chi connectivity index (χ4v) is 4.24. The van der Waals surface area contributed by atoms with Gasteiger partial charge in [0.2, 0.25) is 5.89 Å². The molecule has 2 N–H and O–H groups in total. The Bertz CT molecular complexity index is 733. The van der Waals surface area contributed by atoms with Crippen molar-refractivity contribution in [2.75, 3.05) is 13.1 Å². The van der Waals surface area contributed by atoms with Crippen molar-refractivity contribution in [2.45, 2.75) is 62.1 Å². The second kappa shape index (κ2) is 12.1. The SMILES string of the molecule is Cc1noc(CSc2ccccc2C(=O)NCCNC2CCCCCC2)n1.Cl. The lowest BCUT2D eigenvalue weighted by Crippen LogP contribution is -2.37. The first-order chi connectivity index (χ1) is 13.2. The number of hydrogen-bond acceptors (Lipinski definition) is 6. The summed E-state index contributed by atoms with van der Waals surface area (Å²) in [7, 11) is 0. The molecule has 1 aliphatic rings.